The number of hydrogen-bond acceptors (Lipinski definition) is 5. The molecule has 0 aliphatic carbocycles. The first kappa shape index (κ1) is 34.6. The van der Waals surface area contributed by atoms with Gasteiger partial charge in [-0.15, -0.1) is 0 Å². The van der Waals surface area contributed by atoms with Crippen LogP contribution < -0.4 is 0 Å². The largest absolute Gasteiger partial charge is 0.228 e. The van der Waals surface area contributed by atoms with Crippen LogP contribution in [-0.2, 0) is 0 Å². The van der Waals surface area contributed by atoms with Crippen molar-refractivity contribution in [3.8, 4) is 90.2 Å². The summed E-state index contributed by atoms with van der Waals surface area (Å²) in [6.07, 6.45) is 0. The van der Waals surface area contributed by atoms with Gasteiger partial charge >= 0.3 is 0 Å². The lowest BCUT2D eigenvalue weighted by molar-refractivity contribution is 1.07. The van der Waals surface area contributed by atoms with Gasteiger partial charge in [0, 0.05) is 33.2 Å². The van der Waals surface area contributed by atoms with E-state index in [1.54, 1.807) is 0 Å². The third kappa shape index (κ3) is 6.82. The number of para-hydroxylation sites is 1. The van der Waals surface area contributed by atoms with Crippen LogP contribution in [0.15, 0.2) is 212 Å². The molecule has 0 unspecified atom stereocenters. The molecule has 0 atom stereocenters. The van der Waals surface area contributed by atoms with Crippen molar-refractivity contribution < 1.29 is 0 Å². The first-order chi connectivity index (χ1) is 28.7. The zero-order valence-corrected chi connectivity index (χ0v) is 31.4. The summed E-state index contributed by atoms with van der Waals surface area (Å²) >= 11 is 0. The van der Waals surface area contributed by atoms with Crippen molar-refractivity contribution in [3.63, 3.8) is 0 Å². The molecule has 0 saturated carbocycles. The van der Waals surface area contributed by atoms with Crippen molar-refractivity contribution in [2.75, 3.05) is 0 Å². The number of aromatic nitrogens is 5. The summed E-state index contributed by atoms with van der Waals surface area (Å²) in [7, 11) is 0. The highest BCUT2D eigenvalue weighted by molar-refractivity contribution is 5.95. The molecule has 0 radical (unpaired) electrons. The number of benzene rings is 8. The SMILES string of the molecule is c1ccc(-c2nc(-c3ccccc3)nc(-c3cccc(-c4ccc(-c5ccccc5-c5nc(-c6ccccc6)c6ccccc6n5)cc4-c4ccccc4)c3)n2)cc1. The Bertz CT molecular complexity index is 2980. The topological polar surface area (TPSA) is 64.5 Å². The molecule has 58 heavy (non-hydrogen) atoms. The van der Waals surface area contributed by atoms with E-state index in [0.29, 0.717) is 23.3 Å². The maximum absolute atomic E-state index is 5.24. The fraction of sp³-hybridized carbons (Fsp3) is 0. The lowest BCUT2D eigenvalue weighted by Gasteiger charge is -2.16. The second kappa shape index (κ2) is 15.3. The number of hydrogen-bond donors (Lipinski definition) is 0. The molecular formula is C53H35N5. The highest BCUT2D eigenvalue weighted by atomic mass is 15.0. The van der Waals surface area contributed by atoms with Gasteiger partial charge in [-0.05, 0) is 51.6 Å². The summed E-state index contributed by atoms with van der Waals surface area (Å²) in [6.45, 7) is 0. The Morgan fingerprint density at radius 1 is 0.224 bits per heavy atom. The van der Waals surface area contributed by atoms with Gasteiger partial charge in [0.05, 0.1) is 11.2 Å². The summed E-state index contributed by atoms with van der Waals surface area (Å²) in [4.78, 5) is 25.3. The third-order valence-electron chi connectivity index (χ3n) is 10.4. The van der Waals surface area contributed by atoms with E-state index in [0.717, 1.165) is 77.8 Å². The highest BCUT2D eigenvalue weighted by Crippen LogP contribution is 2.40. The average molecular weight is 742 g/mol. The molecule has 10 rings (SSSR count). The van der Waals surface area contributed by atoms with E-state index < -0.39 is 0 Å². The minimum atomic E-state index is 0.617. The second-order valence-corrected chi connectivity index (χ2v) is 14.1. The van der Waals surface area contributed by atoms with Gasteiger partial charge in [0.2, 0.25) is 0 Å². The van der Waals surface area contributed by atoms with Gasteiger partial charge in [-0.3, -0.25) is 0 Å². The minimum Gasteiger partial charge on any atom is -0.228 e. The lowest BCUT2D eigenvalue weighted by Crippen LogP contribution is -2.00. The standard InChI is InChI=1S/C53H35N5/c1-5-18-36(19-6-1)47-35-41(43-28-13-14-29-45(43)53-54-48-31-16-15-30-46(48)49(55-53)37-20-7-2-8-21-37)32-33-44(47)40-26-17-27-42(34-40)52-57-50(38-22-9-3-10-23-38)56-51(58-52)39-24-11-4-12-25-39/h1-35H. The van der Waals surface area contributed by atoms with E-state index in [9.17, 15) is 0 Å². The van der Waals surface area contributed by atoms with Gasteiger partial charge in [-0.2, -0.15) is 0 Å². The third-order valence-corrected chi connectivity index (χ3v) is 10.4. The first-order valence-electron chi connectivity index (χ1n) is 19.3. The summed E-state index contributed by atoms with van der Waals surface area (Å²) in [5.74, 6) is 2.57. The van der Waals surface area contributed by atoms with Crippen molar-refractivity contribution in [1.82, 2.24) is 24.9 Å². The van der Waals surface area contributed by atoms with Crippen LogP contribution >= 0.6 is 0 Å². The summed E-state index contributed by atoms with van der Waals surface area (Å²) in [6, 6.07) is 72.9. The first-order valence-corrected chi connectivity index (χ1v) is 19.3. The predicted octanol–water partition coefficient (Wildman–Crippen LogP) is 13.2. The molecule has 0 aliphatic rings. The van der Waals surface area contributed by atoms with Crippen molar-refractivity contribution in [2.45, 2.75) is 0 Å². The molecule has 0 N–H and O–H groups in total. The van der Waals surface area contributed by atoms with Crippen molar-refractivity contribution in [1.29, 1.82) is 0 Å². The van der Waals surface area contributed by atoms with E-state index >= 15 is 0 Å². The normalized spacial score (nSPS) is 11.1. The number of fused-ring (bicyclic) bond motifs is 1. The smallest absolute Gasteiger partial charge is 0.164 e. The number of rotatable bonds is 8. The molecule has 5 nitrogen and oxygen atoms in total. The Kier molecular flexibility index (Phi) is 9.14. The second-order valence-electron chi connectivity index (χ2n) is 14.1. The van der Waals surface area contributed by atoms with E-state index in [-0.39, 0.29) is 0 Å². The molecule has 272 valence electrons. The van der Waals surface area contributed by atoms with Crippen molar-refractivity contribution >= 4 is 10.9 Å². The van der Waals surface area contributed by atoms with Crippen LogP contribution in [0.4, 0.5) is 0 Å². The summed E-state index contributed by atoms with van der Waals surface area (Å²) in [5, 5.41) is 1.03. The summed E-state index contributed by atoms with van der Waals surface area (Å²) in [5.41, 5.74) is 13.2. The van der Waals surface area contributed by atoms with Gasteiger partial charge in [0.25, 0.3) is 0 Å². The molecule has 2 aromatic heterocycles. The van der Waals surface area contributed by atoms with Crippen LogP contribution in [0.25, 0.3) is 101 Å². The zero-order chi connectivity index (χ0) is 38.7. The molecule has 8 aromatic carbocycles. The van der Waals surface area contributed by atoms with Gasteiger partial charge in [-0.25, -0.2) is 24.9 Å². The molecule has 0 fully saturated rings. The van der Waals surface area contributed by atoms with Crippen LogP contribution in [0.3, 0.4) is 0 Å². The van der Waals surface area contributed by atoms with E-state index in [1.165, 1.54) is 0 Å². The fourth-order valence-electron chi connectivity index (χ4n) is 7.53. The molecular weight excluding hydrogens is 707 g/mol. The predicted molar refractivity (Wildman–Crippen MR) is 236 cm³/mol. The Hall–Kier alpha value is -7.89. The molecule has 0 amide bonds. The van der Waals surface area contributed by atoms with E-state index in [4.69, 9.17) is 24.9 Å². The Morgan fingerprint density at radius 2 is 0.690 bits per heavy atom. The van der Waals surface area contributed by atoms with Crippen molar-refractivity contribution in [3.05, 3.63) is 212 Å². The lowest BCUT2D eigenvalue weighted by atomic mass is 9.89. The monoisotopic (exact) mass is 741 g/mol. The molecule has 0 saturated heterocycles. The molecule has 5 heteroatoms. The van der Waals surface area contributed by atoms with Crippen LogP contribution in [-0.4, -0.2) is 24.9 Å². The maximum atomic E-state index is 5.24. The molecule has 10 aromatic rings. The van der Waals surface area contributed by atoms with E-state index in [1.807, 2.05) is 78.9 Å². The van der Waals surface area contributed by atoms with E-state index in [2.05, 4.69) is 133 Å². The van der Waals surface area contributed by atoms with Crippen LogP contribution in [0.1, 0.15) is 0 Å². The number of nitrogens with zero attached hydrogens (tertiary/aromatic N) is 5. The van der Waals surface area contributed by atoms with Crippen LogP contribution in [0, 0.1) is 0 Å². The molecule has 2 heterocycles. The quantitative estimate of drug-likeness (QED) is 0.155. The minimum absolute atomic E-state index is 0.617. The van der Waals surface area contributed by atoms with Crippen LogP contribution in [0.5, 0.6) is 0 Å². The Labute approximate surface area is 337 Å². The summed E-state index contributed by atoms with van der Waals surface area (Å²) < 4.78 is 0. The fourth-order valence-corrected chi connectivity index (χ4v) is 7.53. The zero-order valence-electron chi connectivity index (χ0n) is 31.4. The van der Waals surface area contributed by atoms with Gasteiger partial charge in [0.15, 0.2) is 23.3 Å². The molecule has 0 aliphatic heterocycles. The Morgan fingerprint density at radius 3 is 1.34 bits per heavy atom. The van der Waals surface area contributed by atoms with Crippen LogP contribution in [0.2, 0.25) is 0 Å². The molecule has 0 bridgehead atoms. The van der Waals surface area contributed by atoms with Gasteiger partial charge in [0.1, 0.15) is 0 Å². The molecule has 0 spiro atoms. The average Bonchev–Trinajstić information content (AvgIpc) is 3.32. The van der Waals surface area contributed by atoms with Gasteiger partial charge in [-0.1, -0.05) is 194 Å². The van der Waals surface area contributed by atoms with Crippen molar-refractivity contribution in [2.24, 2.45) is 0 Å². The Balaban J connectivity index is 1.10. The van der Waals surface area contributed by atoms with Gasteiger partial charge < -0.3 is 0 Å². The highest BCUT2D eigenvalue weighted by Gasteiger charge is 2.18. The maximum Gasteiger partial charge on any atom is 0.164 e.